The van der Waals surface area contributed by atoms with Crippen LogP contribution in [0.4, 0.5) is 21.7 Å². The number of benzene rings is 1. The first kappa shape index (κ1) is 18.1. The van der Waals surface area contributed by atoms with Gasteiger partial charge in [-0.1, -0.05) is 17.7 Å². The van der Waals surface area contributed by atoms with Gasteiger partial charge in [0.1, 0.15) is 24.0 Å². The highest BCUT2D eigenvalue weighted by Crippen LogP contribution is 2.30. The number of pyridine rings is 1. The third kappa shape index (κ3) is 3.47. The Morgan fingerprint density at radius 2 is 2.11 bits per heavy atom. The van der Waals surface area contributed by atoms with Gasteiger partial charge in [0.05, 0.1) is 22.8 Å². The molecule has 140 valence electrons. The number of aromatic nitrogens is 3. The Hall–Kier alpha value is -3.24. The zero-order chi connectivity index (χ0) is 19.7. The average Bonchev–Trinajstić information content (AvgIpc) is 2.70. The minimum Gasteiger partial charge on any atom is -0.365 e. The van der Waals surface area contributed by atoms with Gasteiger partial charge >= 0.3 is 0 Å². The molecule has 1 aliphatic heterocycles. The van der Waals surface area contributed by atoms with Crippen LogP contribution in [0.15, 0.2) is 36.7 Å². The van der Waals surface area contributed by atoms with Crippen molar-refractivity contribution >= 4 is 28.9 Å². The van der Waals surface area contributed by atoms with E-state index in [0.29, 0.717) is 40.8 Å². The molecule has 4 rings (SSSR count). The van der Waals surface area contributed by atoms with Crippen molar-refractivity contribution in [3.05, 3.63) is 70.0 Å². The number of rotatable bonds is 3. The predicted octanol–water partition coefficient (Wildman–Crippen LogP) is 4.15. The van der Waals surface area contributed by atoms with Gasteiger partial charge in [-0.2, -0.15) is 9.65 Å². The summed E-state index contributed by atoms with van der Waals surface area (Å²) in [6.45, 7) is 3.00. The van der Waals surface area contributed by atoms with Crippen molar-refractivity contribution in [2.75, 3.05) is 16.8 Å². The van der Waals surface area contributed by atoms with Crippen molar-refractivity contribution in [3.8, 4) is 6.07 Å². The summed E-state index contributed by atoms with van der Waals surface area (Å²) in [5.74, 6) is 0.542. The lowest BCUT2D eigenvalue weighted by atomic mass is 10.0. The maximum absolute atomic E-state index is 13.7. The maximum atomic E-state index is 13.7. The molecule has 3 heterocycles. The van der Waals surface area contributed by atoms with Gasteiger partial charge in [0, 0.05) is 23.4 Å². The van der Waals surface area contributed by atoms with Gasteiger partial charge in [-0.3, -0.25) is 0 Å². The van der Waals surface area contributed by atoms with E-state index in [0.717, 1.165) is 23.5 Å². The molecule has 1 N–H and O–H groups in total. The summed E-state index contributed by atoms with van der Waals surface area (Å²) in [6.07, 6.45) is 2.20. The van der Waals surface area contributed by atoms with Crippen molar-refractivity contribution in [1.82, 2.24) is 15.0 Å². The van der Waals surface area contributed by atoms with Crippen LogP contribution in [0, 0.1) is 24.2 Å². The number of hydrogen-bond donors (Lipinski definition) is 1. The zero-order valence-electron chi connectivity index (χ0n) is 15.1. The van der Waals surface area contributed by atoms with Crippen molar-refractivity contribution < 1.29 is 4.39 Å². The second-order valence-corrected chi connectivity index (χ2v) is 6.93. The molecule has 1 aromatic carbocycles. The fraction of sp³-hybridized carbons (Fsp3) is 0.200. The number of aryl methyl sites for hydroxylation is 1. The van der Waals surface area contributed by atoms with Gasteiger partial charge in [0.15, 0.2) is 0 Å². The molecule has 0 amide bonds. The van der Waals surface area contributed by atoms with Gasteiger partial charge in [-0.25, -0.2) is 15.0 Å². The molecule has 0 unspecified atom stereocenters. The van der Waals surface area contributed by atoms with Crippen LogP contribution in [0.25, 0.3) is 0 Å². The van der Waals surface area contributed by atoms with Crippen LogP contribution < -0.4 is 10.2 Å². The third-order valence-electron chi connectivity index (χ3n) is 4.73. The van der Waals surface area contributed by atoms with E-state index in [1.54, 1.807) is 31.2 Å². The van der Waals surface area contributed by atoms with Crippen LogP contribution in [0.1, 0.15) is 22.4 Å². The summed E-state index contributed by atoms with van der Waals surface area (Å²) in [6, 6.07) is 10.9. The molecule has 6 nitrogen and oxygen atoms in total. The van der Waals surface area contributed by atoms with E-state index < -0.39 is 5.95 Å². The second kappa shape index (κ2) is 7.41. The predicted molar refractivity (Wildman–Crippen MR) is 105 cm³/mol. The van der Waals surface area contributed by atoms with Crippen LogP contribution in [0.3, 0.4) is 0 Å². The molecule has 0 fully saturated rings. The Morgan fingerprint density at radius 3 is 2.86 bits per heavy atom. The van der Waals surface area contributed by atoms with Gasteiger partial charge < -0.3 is 10.2 Å². The second-order valence-electron chi connectivity index (χ2n) is 6.52. The number of hydrogen-bond acceptors (Lipinski definition) is 6. The van der Waals surface area contributed by atoms with E-state index in [2.05, 4.69) is 31.2 Å². The van der Waals surface area contributed by atoms with Crippen LogP contribution in [-0.4, -0.2) is 21.5 Å². The smallest absolute Gasteiger partial charge is 0.217 e. The molecule has 28 heavy (non-hydrogen) atoms. The Bertz CT molecular complexity index is 1090. The molecule has 0 saturated heterocycles. The topological polar surface area (TPSA) is 77.7 Å². The minimum atomic E-state index is -0.503. The SMILES string of the molecule is Cc1ccc(Nc2ncnc3c2CCN(c2ccc(C#N)c(Cl)c2)C3)nc1F. The van der Waals surface area contributed by atoms with Crippen LogP contribution in [-0.2, 0) is 13.0 Å². The fourth-order valence-electron chi connectivity index (χ4n) is 3.17. The monoisotopic (exact) mass is 394 g/mol. The maximum Gasteiger partial charge on any atom is 0.217 e. The van der Waals surface area contributed by atoms with Crippen LogP contribution in [0.2, 0.25) is 5.02 Å². The molecule has 1 aliphatic rings. The highest BCUT2D eigenvalue weighted by atomic mass is 35.5. The molecule has 8 heteroatoms. The summed E-state index contributed by atoms with van der Waals surface area (Å²) in [5, 5.41) is 12.6. The Labute approximate surface area is 166 Å². The first-order valence-electron chi connectivity index (χ1n) is 8.72. The van der Waals surface area contributed by atoms with E-state index in [4.69, 9.17) is 16.9 Å². The van der Waals surface area contributed by atoms with Crippen molar-refractivity contribution in [3.63, 3.8) is 0 Å². The number of halogens is 2. The van der Waals surface area contributed by atoms with Crippen LogP contribution in [0.5, 0.6) is 0 Å². The summed E-state index contributed by atoms with van der Waals surface area (Å²) in [4.78, 5) is 14.8. The Morgan fingerprint density at radius 1 is 1.25 bits per heavy atom. The van der Waals surface area contributed by atoms with E-state index in [1.165, 1.54) is 6.33 Å². The van der Waals surface area contributed by atoms with E-state index in [9.17, 15) is 4.39 Å². The minimum absolute atomic E-state index is 0.408. The fourth-order valence-corrected chi connectivity index (χ4v) is 3.39. The number of nitrogens with one attached hydrogen (secondary N) is 1. The molecule has 0 atom stereocenters. The van der Waals surface area contributed by atoms with E-state index in [1.807, 2.05) is 6.07 Å². The normalized spacial score (nSPS) is 13.0. The van der Waals surface area contributed by atoms with Gasteiger partial charge in [0.25, 0.3) is 0 Å². The number of fused-ring (bicyclic) bond motifs is 1. The molecule has 0 bridgehead atoms. The molecule has 0 radical (unpaired) electrons. The Balaban J connectivity index is 1.58. The molecule has 3 aromatic rings. The summed E-state index contributed by atoms with van der Waals surface area (Å²) in [7, 11) is 0. The highest BCUT2D eigenvalue weighted by Gasteiger charge is 2.22. The van der Waals surface area contributed by atoms with Gasteiger partial charge in [0.2, 0.25) is 5.95 Å². The zero-order valence-corrected chi connectivity index (χ0v) is 15.8. The largest absolute Gasteiger partial charge is 0.365 e. The molecular weight excluding hydrogens is 379 g/mol. The Kier molecular flexibility index (Phi) is 4.80. The van der Waals surface area contributed by atoms with Gasteiger partial charge in [-0.15, -0.1) is 0 Å². The van der Waals surface area contributed by atoms with E-state index >= 15 is 0 Å². The average molecular weight is 395 g/mol. The first-order chi connectivity index (χ1) is 13.5. The van der Waals surface area contributed by atoms with Gasteiger partial charge in [-0.05, 0) is 37.6 Å². The standard InChI is InChI=1S/C20H16ClFN6/c1-12-2-5-18(26-19(12)22)27-20-15-6-7-28(10-17(15)24-11-25-20)14-4-3-13(9-23)16(21)8-14/h2-5,8,11H,6-7,10H2,1H3,(H,24,25,26,27). The van der Waals surface area contributed by atoms with Crippen molar-refractivity contribution in [1.29, 1.82) is 5.26 Å². The summed E-state index contributed by atoms with van der Waals surface area (Å²) >= 11 is 6.17. The van der Waals surface area contributed by atoms with Crippen molar-refractivity contribution in [2.45, 2.75) is 19.9 Å². The first-order valence-corrected chi connectivity index (χ1v) is 9.10. The van der Waals surface area contributed by atoms with E-state index in [-0.39, 0.29) is 0 Å². The van der Waals surface area contributed by atoms with Crippen LogP contribution >= 0.6 is 11.6 Å². The molecule has 0 spiro atoms. The molecular formula is C20H16ClFN6. The quantitative estimate of drug-likeness (QED) is 0.672. The lowest BCUT2D eigenvalue weighted by Crippen LogP contribution is -2.31. The number of anilines is 3. The summed E-state index contributed by atoms with van der Waals surface area (Å²) < 4.78 is 13.7. The van der Waals surface area contributed by atoms with Crippen molar-refractivity contribution in [2.24, 2.45) is 0 Å². The molecule has 0 saturated carbocycles. The lowest BCUT2D eigenvalue weighted by molar-refractivity contribution is 0.576. The summed E-state index contributed by atoms with van der Waals surface area (Å²) in [5.41, 5.74) is 3.75. The third-order valence-corrected chi connectivity index (χ3v) is 5.04. The lowest BCUT2D eigenvalue weighted by Gasteiger charge is -2.30. The highest BCUT2D eigenvalue weighted by molar-refractivity contribution is 6.32. The number of nitriles is 1. The molecule has 0 aliphatic carbocycles. The number of nitrogens with zero attached hydrogens (tertiary/aromatic N) is 5. The molecule has 2 aromatic heterocycles.